The Morgan fingerprint density at radius 1 is 1.20 bits per heavy atom. The summed E-state index contributed by atoms with van der Waals surface area (Å²) in [5, 5.41) is 3.60. The van der Waals surface area contributed by atoms with Crippen molar-refractivity contribution in [2.24, 2.45) is 28.9 Å². The summed E-state index contributed by atoms with van der Waals surface area (Å²) in [5.41, 5.74) is 6.66. The Labute approximate surface area is 94.0 Å². The van der Waals surface area contributed by atoms with Gasteiger partial charge >= 0.3 is 0 Å². The quantitative estimate of drug-likeness (QED) is 0.747. The van der Waals surface area contributed by atoms with Crippen LogP contribution in [-0.2, 0) is 0 Å². The molecule has 2 saturated carbocycles. The third kappa shape index (κ3) is 2.54. The van der Waals surface area contributed by atoms with Crippen LogP contribution in [0.25, 0.3) is 0 Å². The Morgan fingerprint density at radius 3 is 2.40 bits per heavy atom. The third-order valence-corrected chi connectivity index (χ3v) is 4.19. The summed E-state index contributed by atoms with van der Waals surface area (Å²) < 4.78 is 0. The molecule has 0 aliphatic heterocycles. The number of nitrogens with one attached hydrogen (secondary N) is 1. The van der Waals surface area contributed by atoms with Gasteiger partial charge in [-0.15, -0.1) is 0 Å². The lowest BCUT2D eigenvalue weighted by Gasteiger charge is -2.29. The minimum atomic E-state index is 0.391. The molecule has 15 heavy (non-hydrogen) atoms. The summed E-state index contributed by atoms with van der Waals surface area (Å²) in [6, 6.07) is 0.483. The molecule has 2 rings (SSSR count). The summed E-state index contributed by atoms with van der Waals surface area (Å²) >= 11 is 0. The van der Waals surface area contributed by atoms with Gasteiger partial charge in [-0.1, -0.05) is 20.8 Å². The van der Waals surface area contributed by atoms with Gasteiger partial charge in [0.05, 0.1) is 0 Å². The SMILES string of the molecule is CC(C)(C)CNCC1C2CCC(C2)C1N. The van der Waals surface area contributed by atoms with Gasteiger partial charge in [0.1, 0.15) is 0 Å². The zero-order chi connectivity index (χ0) is 11.1. The first-order valence-electron chi connectivity index (χ1n) is 6.44. The van der Waals surface area contributed by atoms with E-state index in [9.17, 15) is 0 Å². The molecule has 2 nitrogen and oxygen atoms in total. The molecule has 0 aromatic carbocycles. The van der Waals surface area contributed by atoms with Crippen LogP contribution in [0.15, 0.2) is 0 Å². The smallest absolute Gasteiger partial charge is 0.0110 e. The first kappa shape index (κ1) is 11.4. The highest BCUT2D eigenvalue weighted by Gasteiger charge is 2.45. The molecular formula is C13H26N2. The fourth-order valence-electron chi connectivity index (χ4n) is 3.37. The highest BCUT2D eigenvalue weighted by molar-refractivity contribution is 4.99. The molecule has 2 fully saturated rings. The standard InChI is InChI=1S/C13H26N2/c1-13(2,3)8-15-7-11-9-4-5-10(6-9)12(11)14/h9-12,15H,4-8,14H2,1-3H3. The zero-order valence-electron chi connectivity index (χ0n) is 10.4. The van der Waals surface area contributed by atoms with Crippen LogP contribution in [0.1, 0.15) is 40.0 Å². The van der Waals surface area contributed by atoms with Gasteiger partial charge in [-0.05, 0) is 49.0 Å². The Morgan fingerprint density at radius 2 is 1.87 bits per heavy atom. The molecule has 2 aliphatic rings. The van der Waals surface area contributed by atoms with E-state index in [1.54, 1.807) is 0 Å². The molecule has 2 heteroatoms. The van der Waals surface area contributed by atoms with Crippen molar-refractivity contribution in [1.82, 2.24) is 5.32 Å². The number of nitrogens with two attached hydrogens (primary N) is 1. The molecule has 4 atom stereocenters. The lowest BCUT2D eigenvalue weighted by molar-refractivity contribution is 0.264. The second-order valence-electron chi connectivity index (χ2n) is 6.77. The van der Waals surface area contributed by atoms with E-state index < -0.39 is 0 Å². The van der Waals surface area contributed by atoms with Crippen molar-refractivity contribution < 1.29 is 0 Å². The number of rotatable bonds is 3. The first-order valence-corrected chi connectivity index (χ1v) is 6.44. The highest BCUT2D eigenvalue weighted by Crippen LogP contribution is 2.47. The first-order chi connectivity index (χ1) is 6.97. The largest absolute Gasteiger partial charge is 0.327 e. The maximum absolute atomic E-state index is 6.27. The van der Waals surface area contributed by atoms with Crippen molar-refractivity contribution in [2.75, 3.05) is 13.1 Å². The lowest BCUT2D eigenvalue weighted by Crippen LogP contribution is -2.42. The van der Waals surface area contributed by atoms with E-state index in [0.29, 0.717) is 11.5 Å². The zero-order valence-corrected chi connectivity index (χ0v) is 10.4. The summed E-state index contributed by atoms with van der Waals surface area (Å²) in [6.45, 7) is 9.08. The summed E-state index contributed by atoms with van der Waals surface area (Å²) in [7, 11) is 0. The number of hydrogen-bond donors (Lipinski definition) is 2. The second kappa shape index (κ2) is 4.06. The average Bonchev–Trinajstić information content (AvgIpc) is 2.66. The van der Waals surface area contributed by atoms with Crippen LogP contribution in [0.5, 0.6) is 0 Å². The van der Waals surface area contributed by atoms with Crippen molar-refractivity contribution >= 4 is 0 Å². The fraction of sp³-hybridized carbons (Fsp3) is 1.00. The molecule has 88 valence electrons. The molecule has 0 radical (unpaired) electrons. The molecular weight excluding hydrogens is 184 g/mol. The highest BCUT2D eigenvalue weighted by atomic mass is 14.9. The molecule has 0 amide bonds. The van der Waals surface area contributed by atoms with Gasteiger partial charge in [0.25, 0.3) is 0 Å². The minimum Gasteiger partial charge on any atom is -0.327 e. The van der Waals surface area contributed by atoms with Gasteiger partial charge in [0.15, 0.2) is 0 Å². The fourth-order valence-corrected chi connectivity index (χ4v) is 3.37. The predicted octanol–water partition coefficient (Wildman–Crippen LogP) is 2.00. The van der Waals surface area contributed by atoms with Gasteiger partial charge in [-0.25, -0.2) is 0 Å². The van der Waals surface area contributed by atoms with E-state index in [4.69, 9.17) is 5.73 Å². The van der Waals surface area contributed by atoms with Crippen LogP contribution >= 0.6 is 0 Å². The molecule has 0 saturated heterocycles. The molecule has 2 aliphatic carbocycles. The molecule has 0 aromatic rings. The number of hydrogen-bond acceptors (Lipinski definition) is 2. The van der Waals surface area contributed by atoms with Crippen LogP contribution in [0.3, 0.4) is 0 Å². The van der Waals surface area contributed by atoms with E-state index in [1.165, 1.54) is 19.3 Å². The minimum absolute atomic E-state index is 0.391. The van der Waals surface area contributed by atoms with Crippen molar-refractivity contribution in [1.29, 1.82) is 0 Å². The van der Waals surface area contributed by atoms with Gasteiger partial charge in [0.2, 0.25) is 0 Å². The van der Waals surface area contributed by atoms with Crippen molar-refractivity contribution in [3.05, 3.63) is 0 Å². The van der Waals surface area contributed by atoms with Crippen LogP contribution in [-0.4, -0.2) is 19.1 Å². The molecule has 0 spiro atoms. The van der Waals surface area contributed by atoms with Crippen molar-refractivity contribution in [2.45, 2.75) is 46.1 Å². The summed E-state index contributed by atoms with van der Waals surface area (Å²) in [5.74, 6) is 2.53. The maximum Gasteiger partial charge on any atom is 0.0110 e. The second-order valence-corrected chi connectivity index (χ2v) is 6.77. The summed E-state index contributed by atoms with van der Waals surface area (Å²) in [4.78, 5) is 0. The van der Waals surface area contributed by atoms with Crippen LogP contribution < -0.4 is 11.1 Å². The van der Waals surface area contributed by atoms with Gasteiger partial charge in [0, 0.05) is 12.6 Å². The Bertz CT molecular complexity index is 217. The predicted molar refractivity (Wildman–Crippen MR) is 64.6 cm³/mol. The van der Waals surface area contributed by atoms with Gasteiger partial charge < -0.3 is 11.1 Å². The van der Waals surface area contributed by atoms with E-state index in [0.717, 1.165) is 30.8 Å². The van der Waals surface area contributed by atoms with E-state index >= 15 is 0 Å². The van der Waals surface area contributed by atoms with Crippen molar-refractivity contribution in [3.8, 4) is 0 Å². The monoisotopic (exact) mass is 210 g/mol. The Kier molecular flexibility index (Phi) is 3.09. The van der Waals surface area contributed by atoms with Gasteiger partial charge in [-0.3, -0.25) is 0 Å². The molecule has 4 unspecified atom stereocenters. The number of fused-ring (bicyclic) bond motifs is 2. The molecule has 2 bridgehead atoms. The third-order valence-electron chi connectivity index (χ3n) is 4.19. The normalized spacial score (nSPS) is 40.0. The molecule has 0 heterocycles. The maximum atomic E-state index is 6.27. The van der Waals surface area contributed by atoms with E-state index in [2.05, 4.69) is 26.1 Å². The Balaban J connectivity index is 1.76. The van der Waals surface area contributed by atoms with E-state index in [-0.39, 0.29) is 0 Å². The molecule has 3 N–H and O–H groups in total. The van der Waals surface area contributed by atoms with Crippen LogP contribution in [0.2, 0.25) is 0 Å². The topological polar surface area (TPSA) is 38.0 Å². The average molecular weight is 210 g/mol. The van der Waals surface area contributed by atoms with Crippen LogP contribution in [0.4, 0.5) is 0 Å². The lowest BCUT2D eigenvalue weighted by atomic mass is 9.84. The van der Waals surface area contributed by atoms with Gasteiger partial charge in [-0.2, -0.15) is 0 Å². The van der Waals surface area contributed by atoms with Crippen LogP contribution in [0, 0.1) is 23.2 Å². The summed E-state index contributed by atoms with van der Waals surface area (Å²) in [6.07, 6.45) is 4.23. The van der Waals surface area contributed by atoms with E-state index in [1.807, 2.05) is 0 Å². The Hall–Kier alpha value is -0.0800. The van der Waals surface area contributed by atoms with Crippen molar-refractivity contribution in [3.63, 3.8) is 0 Å². The molecule has 0 aromatic heterocycles.